The largest absolute Gasteiger partial charge is 0.411 e. The van der Waals surface area contributed by atoms with Gasteiger partial charge >= 0.3 is 6.18 Å². The molecule has 2 N–H and O–H groups in total. The van der Waals surface area contributed by atoms with E-state index in [9.17, 15) is 21.6 Å². The lowest BCUT2D eigenvalue weighted by molar-refractivity contribution is -0.176. The first-order valence-electron chi connectivity index (χ1n) is 8.36. The molecular weight excluding hydrogens is 383 g/mol. The second-order valence-corrected chi connectivity index (χ2v) is 8.58. The topological polar surface area (TPSA) is 79.8 Å². The van der Waals surface area contributed by atoms with E-state index in [2.05, 4.69) is 20.4 Å². The molecule has 0 radical (unpaired) electrons. The number of nitrogens with zero attached hydrogens (tertiary/aromatic N) is 1. The van der Waals surface area contributed by atoms with Gasteiger partial charge in [0.25, 0.3) is 0 Å². The Hall–Kier alpha value is -1.81. The van der Waals surface area contributed by atoms with Crippen LogP contribution in [0.2, 0.25) is 0 Å². The summed E-state index contributed by atoms with van der Waals surface area (Å²) in [4.78, 5) is 4.08. The maximum atomic E-state index is 12.1. The minimum Gasteiger partial charge on any atom is -0.367 e. The molecule has 27 heavy (non-hydrogen) atoms. The van der Waals surface area contributed by atoms with Crippen molar-refractivity contribution in [2.24, 2.45) is 4.99 Å². The molecule has 0 amide bonds. The third-order valence-corrected chi connectivity index (χ3v) is 4.49. The molecular formula is C17H26F3N3O3S. The molecule has 0 heterocycles. The zero-order valence-electron chi connectivity index (χ0n) is 15.6. The predicted molar refractivity (Wildman–Crippen MR) is 99.3 cm³/mol. The molecule has 10 heteroatoms. The Morgan fingerprint density at radius 2 is 1.96 bits per heavy atom. The number of benzene rings is 1. The van der Waals surface area contributed by atoms with Crippen molar-refractivity contribution in [1.82, 2.24) is 10.6 Å². The highest BCUT2D eigenvalue weighted by molar-refractivity contribution is 7.90. The molecule has 1 atom stereocenters. The molecule has 0 spiro atoms. The van der Waals surface area contributed by atoms with Crippen molar-refractivity contribution in [1.29, 1.82) is 0 Å². The molecule has 154 valence electrons. The van der Waals surface area contributed by atoms with Crippen LogP contribution in [0.15, 0.2) is 29.3 Å². The van der Waals surface area contributed by atoms with Gasteiger partial charge < -0.3 is 15.4 Å². The van der Waals surface area contributed by atoms with Gasteiger partial charge in [0, 0.05) is 25.9 Å². The van der Waals surface area contributed by atoms with Gasteiger partial charge in [0.1, 0.15) is 16.4 Å². The Labute approximate surface area is 158 Å². The number of ether oxygens (including phenoxy) is 1. The third-order valence-electron chi connectivity index (χ3n) is 3.51. The van der Waals surface area contributed by atoms with E-state index in [1.54, 1.807) is 25.2 Å². The number of nitrogens with one attached hydrogen (secondary N) is 2. The van der Waals surface area contributed by atoms with E-state index in [-0.39, 0.29) is 18.4 Å². The number of halogens is 3. The SMILES string of the molecule is CN=C(NCc1cccc(COCC(F)(F)F)c1)NC(C)CCS(C)(=O)=O. The minimum absolute atomic E-state index is 0.0815. The Kier molecular flexibility index (Phi) is 9.04. The van der Waals surface area contributed by atoms with Crippen LogP contribution in [-0.4, -0.2) is 52.3 Å². The third kappa shape index (κ3) is 11.5. The van der Waals surface area contributed by atoms with E-state index in [1.807, 2.05) is 13.0 Å². The van der Waals surface area contributed by atoms with Crippen LogP contribution < -0.4 is 10.6 Å². The van der Waals surface area contributed by atoms with Crippen LogP contribution in [0.25, 0.3) is 0 Å². The van der Waals surface area contributed by atoms with Crippen LogP contribution in [0, 0.1) is 0 Å². The van der Waals surface area contributed by atoms with Crippen molar-refractivity contribution < 1.29 is 26.3 Å². The fourth-order valence-corrected chi connectivity index (χ4v) is 2.97. The monoisotopic (exact) mass is 409 g/mol. The first-order chi connectivity index (χ1) is 12.5. The summed E-state index contributed by atoms with van der Waals surface area (Å²) in [6.07, 6.45) is -2.70. The average molecular weight is 409 g/mol. The molecule has 0 aliphatic heterocycles. The van der Waals surface area contributed by atoms with Gasteiger partial charge in [-0.1, -0.05) is 24.3 Å². The van der Waals surface area contributed by atoms with Gasteiger partial charge in [-0.05, 0) is 24.5 Å². The van der Waals surface area contributed by atoms with Crippen molar-refractivity contribution in [2.45, 2.75) is 38.7 Å². The molecule has 1 aromatic rings. The normalized spacial score (nSPS) is 14.1. The zero-order valence-corrected chi connectivity index (χ0v) is 16.5. The van der Waals surface area contributed by atoms with Gasteiger partial charge in [0.05, 0.1) is 12.4 Å². The molecule has 0 fully saturated rings. The molecule has 0 bridgehead atoms. The maximum absolute atomic E-state index is 12.1. The molecule has 0 aromatic heterocycles. The number of aliphatic imine (C=N–C) groups is 1. The first-order valence-corrected chi connectivity index (χ1v) is 10.4. The van der Waals surface area contributed by atoms with E-state index in [1.165, 1.54) is 6.26 Å². The van der Waals surface area contributed by atoms with Crippen LogP contribution in [0.3, 0.4) is 0 Å². The van der Waals surface area contributed by atoms with Crippen molar-refractivity contribution in [2.75, 3.05) is 25.7 Å². The molecule has 0 saturated carbocycles. The second kappa shape index (κ2) is 10.5. The van der Waals surface area contributed by atoms with Crippen molar-refractivity contribution in [3.63, 3.8) is 0 Å². The van der Waals surface area contributed by atoms with Crippen LogP contribution in [0.4, 0.5) is 13.2 Å². The van der Waals surface area contributed by atoms with Crippen molar-refractivity contribution >= 4 is 15.8 Å². The number of alkyl halides is 3. The van der Waals surface area contributed by atoms with Gasteiger partial charge in [-0.3, -0.25) is 4.99 Å². The number of guanidine groups is 1. The van der Waals surface area contributed by atoms with Gasteiger partial charge in [0.2, 0.25) is 0 Å². The highest BCUT2D eigenvalue weighted by Crippen LogP contribution is 2.16. The summed E-state index contributed by atoms with van der Waals surface area (Å²) in [6, 6.07) is 6.94. The highest BCUT2D eigenvalue weighted by Gasteiger charge is 2.27. The molecule has 0 aliphatic carbocycles. The lowest BCUT2D eigenvalue weighted by atomic mass is 10.1. The van der Waals surface area contributed by atoms with Gasteiger partial charge in [-0.15, -0.1) is 0 Å². The van der Waals surface area contributed by atoms with E-state index in [0.717, 1.165) is 5.56 Å². The van der Waals surface area contributed by atoms with Crippen LogP contribution in [0.1, 0.15) is 24.5 Å². The zero-order chi connectivity index (χ0) is 20.5. The molecule has 1 aromatic carbocycles. The fourth-order valence-electron chi connectivity index (χ4n) is 2.19. The fraction of sp³-hybridized carbons (Fsp3) is 0.588. The lowest BCUT2D eigenvalue weighted by Crippen LogP contribution is -2.42. The number of sulfone groups is 1. The quantitative estimate of drug-likeness (QED) is 0.483. The van der Waals surface area contributed by atoms with Gasteiger partial charge in [-0.2, -0.15) is 13.2 Å². The van der Waals surface area contributed by atoms with Crippen LogP contribution >= 0.6 is 0 Å². The van der Waals surface area contributed by atoms with Gasteiger partial charge in [0.15, 0.2) is 5.96 Å². The Morgan fingerprint density at radius 1 is 1.30 bits per heavy atom. The number of rotatable bonds is 9. The number of hydrogen-bond donors (Lipinski definition) is 2. The van der Waals surface area contributed by atoms with Crippen LogP contribution in [-0.2, 0) is 27.7 Å². The Bertz CT molecular complexity index is 722. The van der Waals surface area contributed by atoms with E-state index in [4.69, 9.17) is 0 Å². The molecule has 6 nitrogen and oxygen atoms in total. The minimum atomic E-state index is -4.34. The lowest BCUT2D eigenvalue weighted by Gasteiger charge is -2.18. The summed E-state index contributed by atoms with van der Waals surface area (Å²) in [5, 5.41) is 6.19. The maximum Gasteiger partial charge on any atom is 0.411 e. The first kappa shape index (κ1) is 23.2. The van der Waals surface area contributed by atoms with E-state index < -0.39 is 22.6 Å². The standard InChI is InChI=1S/C17H26F3N3O3S/c1-13(7-8-27(3,24)25)23-16(21-2)22-10-14-5-4-6-15(9-14)11-26-12-17(18,19)20/h4-6,9,13H,7-8,10-12H2,1-3H3,(H2,21,22,23). The van der Waals surface area contributed by atoms with E-state index in [0.29, 0.717) is 24.5 Å². The van der Waals surface area contributed by atoms with Gasteiger partial charge in [-0.25, -0.2) is 8.42 Å². The smallest absolute Gasteiger partial charge is 0.367 e. The van der Waals surface area contributed by atoms with E-state index >= 15 is 0 Å². The molecule has 0 saturated heterocycles. The molecule has 1 rings (SSSR count). The summed E-state index contributed by atoms with van der Waals surface area (Å²) in [5.74, 6) is 0.590. The van der Waals surface area contributed by atoms with Crippen LogP contribution in [0.5, 0.6) is 0 Å². The molecule has 0 aliphatic rings. The summed E-state index contributed by atoms with van der Waals surface area (Å²) in [5.41, 5.74) is 1.50. The summed E-state index contributed by atoms with van der Waals surface area (Å²) in [6.45, 7) is 0.864. The van der Waals surface area contributed by atoms with Crippen molar-refractivity contribution in [3.05, 3.63) is 35.4 Å². The highest BCUT2D eigenvalue weighted by atomic mass is 32.2. The Morgan fingerprint density at radius 3 is 2.56 bits per heavy atom. The second-order valence-electron chi connectivity index (χ2n) is 6.32. The molecule has 1 unspecified atom stereocenters. The summed E-state index contributed by atoms with van der Waals surface area (Å²) in [7, 11) is -1.42. The number of hydrogen-bond acceptors (Lipinski definition) is 4. The predicted octanol–water partition coefficient (Wildman–Crippen LogP) is 2.25. The average Bonchev–Trinajstić information content (AvgIpc) is 2.55. The summed E-state index contributed by atoms with van der Waals surface area (Å²) < 4.78 is 63.5. The van der Waals surface area contributed by atoms with Crippen molar-refractivity contribution in [3.8, 4) is 0 Å². The summed E-state index contributed by atoms with van der Waals surface area (Å²) >= 11 is 0. The Balaban J connectivity index is 2.49.